The van der Waals surface area contributed by atoms with E-state index < -0.39 is 17.9 Å². The number of carbonyl (C=O) groups is 1. The zero-order chi connectivity index (χ0) is 15.2. The summed E-state index contributed by atoms with van der Waals surface area (Å²) in [5, 5.41) is 0. The van der Waals surface area contributed by atoms with Crippen molar-refractivity contribution in [3.63, 3.8) is 0 Å². The molecule has 0 aliphatic carbocycles. The molecule has 2 rings (SSSR count). The van der Waals surface area contributed by atoms with E-state index in [2.05, 4.69) is 4.74 Å². The van der Waals surface area contributed by atoms with Crippen LogP contribution in [0.15, 0.2) is 48.5 Å². The first-order chi connectivity index (χ1) is 10.2. The van der Waals surface area contributed by atoms with E-state index in [1.54, 1.807) is 0 Å². The van der Waals surface area contributed by atoms with Crippen molar-refractivity contribution in [2.75, 3.05) is 13.7 Å². The first kappa shape index (κ1) is 15.0. The van der Waals surface area contributed by atoms with Gasteiger partial charge in [-0.15, -0.1) is 0 Å². The Labute approximate surface area is 122 Å². The van der Waals surface area contributed by atoms with Crippen LogP contribution in [0.2, 0.25) is 0 Å². The first-order valence-electron chi connectivity index (χ1n) is 6.45. The highest BCUT2D eigenvalue weighted by atomic mass is 19.1. The summed E-state index contributed by atoms with van der Waals surface area (Å²) < 4.78 is 24.1. The zero-order valence-corrected chi connectivity index (χ0v) is 11.6. The van der Waals surface area contributed by atoms with E-state index in [0.717, 1.165) is 11.6 Å². The Morgan fingerprint density at radius 2 is 1.95 bits per heavy atom. The van der Waals surface area contributed by atoms with Crippen molar-refractivity contribution < 1.29 is 18.7 Å². The van der Waals surface area contributed by atoms with Crippen molar-refractivity contribution in [2.45, 2.75) is 6.10 Å². The number of carbonyl (C=O) groups excluding carboxylic acids is 1. The Balaban J connectivity index is 2.20. The van der Waals surface area contributed by atoms with Crippen LogP contribution in [0.5, 0.6) is 5.75 Å². The number of esters is 1. The van der Waals surface area contributed by atoms with Gasteiger partial charge < -0.3 is 15.2 Å². The molecule has 0 saturated carbocycles. The topological polar surface area (TPSA) is 61.5 Å². The summed E-state index contributed by atoms with van der Waals surface area (Å²) in [5.74, 6) is -1.19. The summed E-state index contributed by atoms with van der Waals surface area (Å²) >= 11 is 0. The van der Waals surface area contributed by atoms with E-state index in [9.17, 15) is 9.18 Å². The van der Waals surface area contributed by atoms with Gasteiger partial charge in [0, 0.05) is 6.54 Å². The fourth-order valence-corrected chi connectivity index (χ4v) is 1.91. The highest BCUT2D eigenvalue weighted by molar-refractivity contribution is 5.89. The molecule has 5 heteroatoms. The first-order valence-corrected chi connectivity index (χ1v) is 6.45. The summed E-state index contributed by atoms with van der Waals surface area (Å²) in [6, 6.07) is 13.2. The third-order valence-corrected chi connectivity index (χ3v) is 3.01. The number of rotatable bonds is 5. The number of nitrogens with two attached hydrogens (primary N) is 1. The SMILES string of the molecule is COC(=O)c1ccc(O[C@@H](CN)c2ccccc2)c(F)c1. The highest BCUT2D eigenvalue weighted by Crippen LogP contribution is 2.25. The standard InChI is InChI=1S/C16H16FNO3/c1-20-16(19)12-7-8-14(13(17)9-12)21-15(10-18)11-5-3-2-4-6-11/h2-9,15H,10,18H2,1H3/t15-/m0/s1. The zero-order valence-electron chi connectivity index (χ0n) is 11.6. The predicted octanol–water partition coefficient (Wildman–Crippen LogP) is 2.69. The van der Waals surface area contributed by atoms with Gasteiger partial charge in [-0.2, -0.15) is 0 Å². The fraction of sp³-hybridized carbons (Fsp3) is 0.188. The molecule has 0 heterocycles. The Morgan fingerprint density at radius 1 is 1.24 bits per heavy atom. The molecule has 2 aromatic rings. The van der Waals surface area contributed by atoms with Crippen LogP contribution >= 0.6 is 0 Å². The smallest absolute Gasteiger partial charge is 0.337 e. The van der Waals surface area contributed by atoms with Crippen molar-refractivity contribution >= 4 is 5.97 Å². The van der Waals surface area contributed by atoms with E-state index in [-0.39, 0.29) is 17.9 Å². The third kappa shape index (κ3) is 3.58. The quantitative estimate of drug-likeness (QED) is 0.860. The van der Waals surface area contributed by atoms with Crippen molar-refractivity contribution in [3.05, 3.63) is 65.5 Å². The molecule has 21 heavy (non-hydrogen) atoms. The van der Waals surface area contributed by atoms with E-state index in [4.69, 9.17) is 10.5 Å². The van der Waals surface area contributed by atoms with E-state index in [1.165, 1.54) is 19.2 Å². The lowest BCUT2D eigenvalue weighted by molar-refractivity contribution is 0.0600. The van der Waals surface area contributed by atoms with Crippen LogP contribution in [-0.2, 0) is 4.74 Å². The summed E-state index contributed by atoms with van der Waals surface area (Å²) in [6.45, 7) is 0.211. The maximum Gasteiger partial charge on any atom is 0.337 e. The lowest BCUT2D eigenvalue weighted by Gasteiger charge is -2.18. The van der Waals surface area contributed by atoms with Gasteiger partial charge in [0.25, 0.3) is 0 Å². The molecule has 110 valence electrons. The average Bonchev–Trinajstić information content (AvgIpc) is 2.53. The molecule has 0 aliphatic heterocycles. The fourth-order valence-electron chi connectivity index (χ4n) is 1.91. The van der Waals surface area contributed by atoms with Crippen LogP contribution < -0.4 is 10.5 Å². The van der Waals surface area contributed by atoms with Gasteiger partial charge in [0.15, 0.2) is 11.6 Å². The minimum atomic E-state index is -0.632. The molecule has 0 aromatic heterocycles. The summed E-state index contributed by atoms with van der Waals surface area (Å²) in [7, 11) is 1.24. The van der Waals surface area contributed by atoms with Crippen LogP contribution in [0.4, 0.5) is 4.39 Å². The molecule has 2 aromatic carbocycles. The van der Waals surface area contributed by atoms with E-state index >= 15 is 0 Å². The number of benzene rings is 2. The Kier molecular flexibility index (Phi) is 4.90. The minimum Gasteiger partial charge on any atom is -0.481 e. The Bertz CT molecular complexity index is 616. The average molecular weight is 289 g/mol. The van der Waals surface area contributed by atoms with Gasteiger partial charge in [0.2, 0.25) is 0 Å². The highest BCUT2D eigenvalue weighted by Gasteiger charge is 2.15. The van der Waals surface area contributed by atoms with Crippen LogP contribution in [0.1, 0.15) is 22.0 Å². The maximum atomic E-state index is 14.0. The molecule has 0 fully saturated rings. The second kappa shape index (κ2) is 6.85. The second-order valence-electron chi connectivity index (χ2n) is 4.39. The number of hydrogen-bond donors (Lipinski definition) is 1. The van der Waals surface area contributed by atoms with Gasteiger partial charge in [-0.1, -0.05) is 30.3 Å². The lowest BCUT2D eigenvalue weighted by Crippen LogP contribution is -2.19. The van der Waals surface area contributed by atoms with Crippen LogP contribution in [0.3, 0.4) is 0 Å². The number of ether oxygens (including phenoxy) is 2. The Morgan fingerprint density at radius 3 is 2.52 bits per heavy atom. The van der Waals surface area contributed by atoms with Gasteiger partial charge >= 0.3 is 5.97 Å². The normalized spacial score (nSPS) is 11.8. The van der Waals surface area contributed by atoms with Crippen LogP contribution in [0.25, 0.3) is 0 Å². The van der Waals surface area contributed by atoms with Crippen molar-refractivity contribution in [2.24, 2.45) is 5.73 Å². The van der Waals surface area contributed by atoms with Crippen LogP contribution in [0, 0.1) is 5.82 Å². The molecule has 4 nitrogen and oxygen atoms in total. The second-order valence-corrected chi connectivity index (χ2v) is 4.39. The summed E-state index contributed by atoms with van der Waals surface area (Å²) in [6.07, 6.45) is -0.454. The molecule has 2 N–H and O–H groups in total. The molecule has 0 radical (unpaired) electrons. The van der Waals surface area contributed by atoms with Crippen molar-refractivity contribution in [1.82, 2.24) is 0 Å². The molecule has 0 spiro atoms. The van der Waals surface area contributed by atoms with Gasteiger partial charge in [-0.25, -0.2) is 9.18 Å². The van der Waals surface area contributed by atoms with Crippen LogP contribution in [-0.4, -0.2) is 19.6 Å². The van der Waals surface area contributed by atoms with Gasteiger partial charge in [-0.3, -0.25) is 0 Å². The summed E-state index contributed by atoms with van der Waals surface area (Å²) in [4.78, 5) is 11.3. The van der Waals surface area contributed by atoms with E-state index in [0.29, 0.717) is 0 Å². The van der Waals surface area contributed by atoms with Gasteiger partial charge in [0.1, 0.15) is 6.10 Å². The summed E-state index contributed by atoms with van der Waals surface area (Å²) in [5.41, 5.74) is 6.67. The maximum absolute atomic E-state index is 14.0. The molecule has 0 aliphatic rings. The lowest BCUT2D eigenvalue weighted by atomic mass is 10.1. The minimum absolute atomic E-state index is 0.0435. The number of methoxy groups -OCH3 is 1. The third-order valence-electron chi connectivity index (χ3n) is 3.01. The van der Waals surface area contributed by atoms with Gasteiger partial charge in [0.05, 0.1) is 12.7 Å². The molecular formula is C16H16FNO3. The van der Waals surface area contributed by atoms with Crippen molar-refractivity contribution in [3.8, 4) is 5.75 Å². The van der Waals surface area contributed by atoms with E-state index in [1.807, 2.05) is 30.3 Å². The van der Waals surface area contributed by atoms with Gasteiger partial charge in [-0.05, 0) is 23.8 Å². The predicted molar refractivity (Wildman–Crippen MR) is 76.6 cm³/mol. The molecule has 0 saturated heterocycles. The molecule has 0 bridgehead atoms. The molecule has 0 unspecified atom stereocenters. The molecule has 0 amide bonds. The number of halogens is 1. The van der Waals surface area contributed by atoms with Crippen molar-refractivity contribution in [1.29, 1.82) is 0 Å². The number of hydrogen-bond acceptors (Lipinski definition) is 4. The monoisotopic (exact) mass is 289 g/mol. The Hall–Kier alpha value is -2.40. The molecule has 1 atom stereocenters. The largest absolute Gasteiger partial charge is 0.481 e. The molecular weight excluding hydrogens is 273 g/mol.